The summed E-state index contributed by atoms with van der Waals surface area (Å²) in [5.41, 5.74) is 2.59. The molecule has 0 N–H and O–H groups in total. The smallest absolute Gasteiger partial charge is 0.204 e. The van der Waals surface area contributed by atoms with Gasteiger partial charge >= 0.3 is 0 Å². The Morgan fingerprint density at radius 3 is 2.50 bits per heavy atom. The zero-order chi connectivity index (χ0) is 18.4. The minimum atomic E-state index is -0.0476. The van der Waals surface area contributed by atoms with Gasteiger partial charge in [0.25, 0.3) is 0 Å². The number of ether oxygens (including phenoxy) is 1. The number of hydrogen-bond acceptors (Lipinski definition) is 5. The highest BCUT2D eigenvalue weighted by Crippen LogP contribution is 2.19. The van der Waals surface area contributed by atoms with Crippen LogP contribution in [-0.2, 0) is 6.54 Å². The number of hydrogen-bond donors (Lipinski definition) is 0. The first kappa shape index (κ1) is 17.8. The van der Waals surface area contributed by atoms with Crippen LogP contribution in [0.1, 0.15) is 35.7 Å². The third-order valence-electron chi connectivity index (χ3n) is 3.99. The predicted octanol–water partition coefficient (Wildman–Crippen LogP) is 3.71. The highest BCUT2D eigenvalue weighted by atomic mass is 16.5. The number of benzene rings is 2. The Hall–Kier alpha value is -3.02. The fourth-order valence-electron chi connectivity index (χ4n) is 2.42. The van der Waals surface area contributed by atoms with Crippen LogP contribution in [-0.4, -0.2) is 32.6 Å². The van der Waals surface area contributed by atoms with E-state index in [1.807, 2.05) is 55.5 Å². The SMILES string of the molecule is CCCCOc1ccc(-c2nnn(CC(=O)c3ccc(C)cc3)n2)cc1. The van der Waals surface area contributed by atoms with Gasteiger partial charge < -0.3 is 4.74 Å². The second kappa shape index (κ2) is 8.38. The molecule has 0 bridgehead atoms. The van der Waals surface area contributed by atoms with E-state index in [4.69, 9.17) is 4.74 Å². The standard InChI is InChI=1S/C20H22N4O2/c1-3-4-13-26-18-11-9-17(10-12-18)20-21-23-24(22-20)14-19(25)16-7-5-15(2)6-8-16/h5-12H,3-4,13-14H2,1-2H3. The summed E-state index contributed by atoms with van der Waals surface area (Å²) in [6.45, 7) is 4.89. The van der Waals surface area contributed by atoms with Crippen molar-refractivity contribution in [1.82, 2.24) is 20.2 Å². The van der Waals surface area contributed by atoms with Gasteiger partial charge in [-0.15, -0.1) is 10.2 Å². The maximum absolute atomic E-state index is 12.3. The average molecular weight is 350 g/mol. The van der Waals surface area contributed by atoms with Crippen LogP contribution in [0.25, 0.3) is 11.4 Å². The summed E-state index contributed by atoms with van der Waals surface area (Å²) in [7, 11) is 0. The molecule has 0 spiro atoms. The van der Waals surface area contributed by atoms with Crippen molar-refractivity contribution in [2.45, 2.75) is 33.2 Å². The molecule has 0 amide bonds. The summed E-state index contributed by atoms with van der Waals surface area (Å²) in [5.74, 6) is 1.26. The Morgan fingerprint density at radius 2 is 1.81 bits per heavy atom. The molecule has 6 nitrogen and oxygen atoms in total. The van der Waals surface area contributed by atoms with Gasteiger partial charge in [0.1, 0.15) is 12.3 Å². The molecule has 3 rings (SSSR count). The van der Waals surface area contributed by atoms with E-state index in [0.717, 1.165) is 29.7 Å². The maximum Gasteiger partial charge on any atom is 0.204 e. The van der Waals surface area contributed by atoms with Crippen LogP contribution in [0.5, 0.6) is 5.75 Å². The number of rotatable bonds is 8. The molecule has 0 radical (unpaired) electrons. The lowest BCUT2D eigenvalue weighted by Crippen LogP contribution is -2.13. The second-order valence-corrected chi connectivity index (χ2v) is 6.16. The van der Waals surface area contributed by atoms with Gasteiger partial charge in [-0.3, -0.25) is 4.79 Å². The first-order valence-corrected chi connectivity index (χ1v) is 8.76. The van der Waals surface area contributed by atoms with Crippen LogP contribution in [0.2, 0.25) is 0 Å². The van der Waals surface area contributed by atoms with E-state index in [1.165, 1.54) is 4.80 Å². The van der Waals surface area contributed by atoms with Gasteiger partial charge in [0.05, 0.1) is 6.61 Å². The largest absolute Gasteiger partial charge is 0.494 e. The molecule has 26 heavy (non-hydrogen) atoms. The third-order valence-corrected chi connectivity index (χ3v) is 3.99. The van der Waals surface area contributed by atoms with Gasteiger partial charge in [0, 0.05) is 11.1 Å². The lowest BCUT2D eigenvalue weighted by Gasteiger charge is -2.05. The van der Waals surface area contributed by atoms with Gasteiger partial charge in [0.15, 0.2) is 5.78 Å². The molecule has 0 atom stereocenters. The number of aromatic nitrogens is 4. The van der Waals surface area contributed by atoms with E-state index in [1.54, 1.807) is 0 Å². The zero-order valence-electron chi connectivity index (χ0n) is 15.1. The molecule has 0 saturated heterocycles. The van der Waals surface area contributed by atoms with Crippen LogP contribution in [0.15, 0.2) is 48.5 Å². The number of Topliss-reactive ketones (excluding diaryl/α,β-unsaturated/α-hetero) is 1. The summed E-state index contributed by atoms with van der Waals surface area (Å²) >= 11 is 0. The number of ketones is 1. The number of aryl methyl sites for hydroxylation is 1. The predicted molar refractivity (Wildman–Crippen MR) is 99.2 cm³/mol. The molecule has 134 valence electrons. The van der Waals surface area contributed by atoms with Crippen molar-refractivity contribution < 1.29 is 9.53 Å². The molecule has 0 aliphatic carbocycles. The van der Waals surface area contributed by atoms with Gasteiger partial charge in [-0.05, 0) is 42.8 Å². The van der Waals surface area contributed by atoms with Crippen LogP contribution in [0, 0.1) is 6.92 Å². The highest BCUT2D eigenvalue weighted by molar-refractivity contribution is 5.95. The van der Waals surface area contributed by atoms with Gasteiger partial charge in [-0.25, -0.2) is 0 Å². The third kappa shape index (κ3) is 4.53. The highest BCUT2D eigenvalue weighted by Gasteiger charge is 2.11. The van der Waals surface area contributed by atoms with Crippen molar-refractivity contribution in [3.63, 3.8) is 0 Å². The topological polar surface area (TPSA) is 69.9 Å². The quantitative estimate of drug-likeness (QED) is 0.457. The Bertz CT molecular complexity index is 854. The molecular formula is C20H22N4O2. The molecular weight excluding hydrogens is 328 g/mol. The van der Waals surface area contributed by atoms with E-state index in [0.29, 0.717) is 18.0 Å². The van der Waals surface area contributed by atoms with Crippen LogP contribution < -0.4 is 4.74 Å². The second-order valence-electron chi connectivity index (χ2n) is 6.16. The number of carbonyl (C=O) groups is 1. The van der Waals surface area contributed by atoms with E-state index in [-0.39, 0.29) is 12.3 Å². The van der Waals surface area contributed by atoms with E-state index < -0.39 is 0 Å². The molecule has 0 saturated carbocycles. The number of tetrazole rings is 1. The van der Waals surface area contributed by atoms with Crippen molar-refractivity contribution in [2.75, 3.05) is 6.61 Å². The fourth-order valence-corrected chi connectivity index (χ4v) is 2.42. The maximum atomic E-state index is 12.3. The first-order valence-electron chi connectivity index (χ1n) is 8.76. The molecule has 3 aromatic rings. The summed E-state index contributed by atoms with van der Waals surface area (Å²) < 4.78 is 5.65. The molecule has 1 heterocycles. The number of nitrogens with zero attached hydrogens (tertiary/aromatic N) is 4. The van der Waals surface area contributed by atoms with Crippen LogP contribution >= 0.6 is 0 Å². The lowest BCUT2D eigenvalue weighted by molar-refractivity contribution is 0.0961. The van der Waals surface area contributed by atoms with Crippen LogP contribution in [0.4, 0.5) is 0 Å². The van der Waals surface area contributed by atoms with E-state index >= 15 is 0 Å². The molecule has 1 aromatic heterocycles. The summed E-state index contributed by atoms with van der Waals surface area (Å²) in [4.78, 5) is 13.6. The Labute approximate surface area is 152 Å². The Morgan fingerprint density at radius 1 is 1.08 bits per heavy atom. The molecule has 0 unspecified atom stereocenters. The molecule has 0 fully saturated rings. The van der Waals surface area contributed by atoms with Crippen molar-refractivity contribution in [2.24, 2.45) is 0 Å². The zero-order valence-corrected chi connectivity index (χ0v) is 15.1. The minimum absolute atomic E-state index is 0.0476. The van der Waals surface area contributed by atoms with E-state index in [9.17, 15) is 4.79 Å². The number of unbranched alkanes of at least 4 members (excludes halogenated alkanes) is 1. The monoisotopic (exact) mass is 350 g/mol. The normalized spacial score (nSPS) is 10.7. The fraction of sp³-hybridized carbons (Fsp3) is 0.300. The van der Waals surface area contributed by atoms with Gasteiger partial charge in [0.2, 0.25) is 5.82 Å². The summed E-state index contributed by atoms with van der Waals surface area (Å²) in [6, 6.07) is 15.0. The number of carbonyl (C=O) groups excluding carboxylic acids is 1. The molecule has 0 aliphatic rings. The average Bonchev–Trinajstić information content (AvgIpc) is 3.11. The van der Waals surface area contributed by atoms with Crippen LogP contribution in [0.3, 0.4) is 0 Å². The summed E-state index contributed by atoms with van der Waals surface area (Å²) in [6.07, 6.45) is 2.14. The van der Waals surface area contributed by atoms with Crippen molar-refractivity contribution in [3.8, 4) is 17.1 Å². The lowest BCUT2D eigenvalue weighted by atomic mass is 10.1. The van der Waals surface area contributed by atoms with Crippen molar-refractivity contribution in [3.05, 3.63) is 59.7 Å². The minimum Gasteiger partial charge on any atom is -0.494 e. The summed E-state index contributed by atoms with van der Waals surface area (Å²) in [5, 5.41) is 12.3. The van der Waals surface area contributed by atoms with Crippen molar-refractivity contribution in [1.29, 1.82) is 0 Å². The first-order chi connectivity index (χ1) is 12.7. The Balaban J connectivity index is 1.63. The van der Waals surface area contributed by atoms with E-state index in [2.05, 4.69) is 22.3 Å². The van der Waals surface area contributed by atoms with Gasteiger partial charge in [-0.1, -0.05) is 43.2 Å². The molecule has 6 heteroatoms. The van der Waals surface area contributed by atoms with Gasteiger partial charge in [-0.2, -0.15) is 4.80 Å². The Kier molecular flexibility index (Phi) is 5.73. The van der Waals surface area contributed by atoms with Crippen molar-refractivity contribution >= 4 is 5.78 Å². The molecule has 2 aromatic carbocycles. The molecule has 0 aliphatic heterocycles.